The van der Waals surface area contributed by atoms with E-state index in [1.807, 2.05) is 38.1 Å². The molecule has 0 radical (unpaired) electrons. The number of carbonyl (C=O) groups is 1. The number of benzene rings is 2. The first-order valence-corrected chi connectivity index (χ1v) is 11.0. The number of ether oxygens (including phenoxy) is 1. The van der Waals surface area contributed by atoms with Crippen molar-refractivity contribution < 1.29 is 22.3 Å². The van der Waals surface area contributed by atoms with Gasteiger partial charge in [-0.15, -0.1) is 0 Å². The highest BCUT2D eigenvalue weighted by Crippen LogP contribution is 2.24. The largest absolute Gasteiger partial charge is 0.374 e. The van der Waals surface area contributed by atoms with Crippen LogP contribution in [0.3, 0.4) is 0 Å². The van der Waals surface area contributed by atoms with Crippen molar-refractivity contribution in [3.8, 4) is 0 Å². The number of hydrogen-bond acceptors (Lipinski definition) is 4. The second-order valence-electron chi connectivity index (χ2n) is 7.26. The zero-order valence-corrected chi connectivity index (χ0v) is 17.3. The predicted octanol–water partition coefficient (Wildman–Crippen LogP) is 3.08. The molecule has 1 amide bonds. The van der Waals surface area contributed by atoms with Crippen molar-refractivity contribution in [3.63, 3.8) is 0 Å². The summed E-state index contributed by atoms with van der Waals surface area (Å²) in [4.78, 5) is 12.0. The van der Waals surface area contributed by atoms with Crippen LogP contribution in [0, 0.1) is 5.82 Å². The van der Waals surface area contributed by atoms with Crippen LogP contribution in [-0.4, -0.2) is 37.8 Å². The van der Waals surface area contributed by atoms with E-state index >= 15 is 0 Å². The minimum Gasteiger partial charge on any atom is -0.374 e. The highest BCUT2D eigenvalue weighted by Gasteiger charge is 2.32. The molecule has 0 saturated carbocycles. The number of rotatable bonds is 8. The summed E-state index contributed by atoms with van der Waals surface area (Å²) in [7, 11) is -3.91. The molecule has 1 aliphatic heterocycles. The van der Waals surface area contributed by atoms with Gasteiger partial charge in [-0.2, -0.15) is 4.31 Å². The normalized spacial score (nSPS) is 14.6. The molecule has 8 heteroatoms. The van der Waals surface area contributed by atoms with Crippen LogP contribution in [0.5, 0.6) is 0 Å². The van der Waals surface area contributed by atoms with Crippen LogP contribution in [0.15, 0.2) is 47.4 Å². The topological polar surface area (TPSA) is 75.7 Å². The van der Waals surface area contributed by atoms with Gasteiger partial charge in [0, 0.05) is 25.2 Å². The highest BCUT2D eigenvalue weighted by molar-refractivity contribution is 7.89. The van der Waals surface area contributed by atoms with E-state index in [4.69, 9.17) is 4.74 Å². The summed E-state index contributed by atoms with van der Waals surface area (Å²) < 4.78 is 45.8. The monoisotopic (exact) mass is 420 g/mol. The second kappa shape index (κ2) is 9.02. The Kier molecular flexibility index (Phi) is 6.66. The Balaban J connectivity index is 1.64. The fraction of sp³-hybridized carbons (Fsp3) is 0.381. The molecule has 0 spiro atoms. The molecule has 29 heavy (non-hydrogen) atoms. The van der Waals surface area contributed by atoms with Crippen LogP contribution in [0.1, 0.15) is 41.8 Å². The van der Waals surface area contributed by atoms with Crippen molar-refractivity contribution in [3.05, 3.63) is 65.0 Å². The fourth-order valence-corrected chi connectivity index (χ4v) is 4.42. The second-order valence-corrected chi connectivity index (χ2v) is 9.17. The molecule has 0 atom stereocenters. The maximum atomic E-state index is 14.1. The lowest BCUT2D eigenvalue weighted by molar-refractivity contribution is 0.0657. The number of amides is 1. The lowest BCUT2D eigenvalue weighted by Gasteiger charge is -2.29. The Hall–Kier alpha value is -2.29. The van der Waals surface area contributed by atoms with Crippen LogP contribution < -0.4 is 5.32 Å². The van der Waals surface area contributed by atoms with E-state index in [0.29, 0.717) is 19.7 Å². The summed E-state index contributed by atoms with van der Waals surface area (Å²) in [5.41, 5.74) is 2.03. The van der Waals surface area contributed by atoms with Gasteiger partial charge in [0.2, 0.25) is 10.0 Å². The fourth-order valence-electron chi connectivity index (χ4n) is 2.81. The van der Waals surface area contributed by atoms with Gasteiger partial charge in [0.25, 0.3) is 5.91 Å². The smallest absolute Gasteiger partial charge is 0.251 e. The van der Waals surface area contributed by atoms with E-state index in [1.165, 1.54) is 10.4 Å². The Bertz CT molecular complexity index is 971. The van der Waals surface area contributed by atoms with E-state index < -0.39 is 26.6 Å². The van der Waals surface area contributed by atoms with Gasteiger partial charge in [-0.25, -0.2) is 12.8 Å². The number of nitrogens with zero attached hydrogens (tertiary/aromatic N) is 1. The van der Waals surface area contributed by atoms with Crippen LogP contribution in [0.2, 0.25) is 0 Å². The molecule has 1 saturated heterocycles. The van der Waals surface area contributed by atoms with Gasteiger partial charge >= 0.3 is 0 Å². The first-order valence-electron chi connectivity index (χ1n) is 9.54. The minimum absolute atomic E-state index is 0.104. The van der Waals surface area contributed by atoms with Gasteiger partial charge in [-0.05, 0) is 49.6 Å². The molecule has 3 rings (SSSR count). The van der Waals surface area contributed by atoms with Crippen molar-refractivity contribution in [1.82, 2.24) is 9.62 Å². The minimum atomic E-state index is -3.91. The third kappa shape index (κ3) is 5.20. The van der Waals surface area contributed by atoms with E-state index in [1.54, 1.807) is 0 Å². The van der Waals surface area contributed by atoms with Gasteiger partial charge in [-0.3, -0.25) is 4.79 Å². The average Bonchev–Trinajstić information content (AvgIpc) is 2.63. The zero-order chi connectivity index (χ0) is 21.0. The van der Waals surface area contributed by atoms with E-state index in [0.717, 1.165) is 29.7 Å². The maximum Gasteiger partial charge on any atom is 0.251 e. The van der Waals surface area contributed by atoms with E-state index in [9.17, 15) is 17.6 Å². The van der Waals surface area contributed by atoms with E-state index in [-0.39, 0.29) is 18.2 Å². The Labute approximate surface area is 170 Å². The number of nitrogens with one attached hydrogen (secondary N) is 1. The molecule has 1 fully saturated rings. The summed E-state index contributed by atoms with van der Waals surface area (Å²) in [6.07, 6.45) is 0.906. The van der Waals surface area contributed by atoms with Crippen LogP contribution >= 0.6 is 0 Å². The molecule has 2 aromatic carbocycles. The molecule has 0 unspecified atom stereocenters. The number of halogens is 1. The lowest BCUT2D eigenvalue weighted by Crippen LogP contribution is -2.42. The van der Waals surface area contributed by atoms with Crippen molar-refractivity contribution in [2.45, 2.75) is 44.4 Å². The first-order chi connectivity index (χ1) is 13.8. The Morgan fingerprint density at radius 1 is 1.14 bits per heavy atom. The highest BCUT2D eigenvalue weighted by atomic mass is 32.2. The molecular weight excluding hydrogens is 395 g/mol. The van der Waals surface area contributed by atoms with Gasteiger partial charge in [0.05, 0.1) is 12.7 Å². The zero-order valence-electron chi connectivity index (χ0n) is 16.5. The summed E-state index contributed by atoms with van der Waals surface area (Å²) >= 11 is 0. The van der Waals surface area contributed by atoms with Gasteiger partial charge < -0.3 is 10.1 Å². The number of hydrogen-bond donors (Lipinski definition) is 1. The SMILES string of the molecule is CC(C)OCc1ccc(CNC(=O)c2ccc(F)c(S(=O)(=O)N3CCC3)c2)cc1. The Morgan fingerprint density at radius 2 is 1.79 bits per heavy atom. The molecule has 2 aromatic rings. The molecule has 156 valence electrons. The van der Waals surface area contributed by atoms with Gasteiger partial charge in [-0.1, -0.05) is 24.3 Å². The van der Waals surface area contributed by atoms with Crippen LogP contribution in [-0.2, 0) is 27.9 Å². The summed E-state index contributed by atoms with van der Waals surface area (Å²) in [6, 6.07) is 11.0. The molecule has 6 nitrogen and oxygen atoms in total. The molecule has 0 aromatic heterocycles. The first kappa shape index (κ1) is 21.4. The van der Waals surface area contributed by atoms with Crippen molar-refractivity contribution in [2.75, 3.05) is 13.1 Å². The van der Waals surface area contributed by atoms with Crippen LogP contribution in [0.25, 0.3) is 0 Å². The maximum absolute atomic E-state index is 14.1. The predicted molar refractivity (Wildman–Crippen MR) is 107 cm³/mol. The molecule has 1 N–H and O–H groups in total. The standard InChI is InChI=1S/C21H25FN2O4S/c1-15(2)28-14-17-6-4-16(5-7-17)13-23-21(25)18-8-9-19(22)20(12-18)29(26,27)24-10-3-11-24/h4-9,12,15H,3,10-11,13-14H2,1-2H3,(H,23,25). The molecule has 0 bridgehead atoms. The summed E-state index contributed by atoms with van der Waals surface area (Å²) in [5, 5.41) is 2.74. The van der Waals surface area contributed by atoms with Gasteiger partial charge in [0.1, 0.15) is 10.7 Å². The van der Waals surface area contributed by atoms with Crippen LogP contribution in [0.4, 0.5) is 4.39 Å². The van der Waals surface area contributed by atoms with E-state index in [2.05, 4.69) is 5.32 Å². The lowest BCUT2D eigenvalue weighted by atomic mass is 10.1. The number of sulfonamides is 1. The van der Waals surface area contributed by atoms with Gasteiger partial charge in [0.15, 0.2) is 0 Å². The third-order valence-corrected chi connectivity index (χ3v) is 6.60. The van der Waals surface area contributed by atoms with Crippen molar-refractivity contribution in [2.24, 2.45) is 0 Å². The Morgan fingerprint density at radius 3 is 2.38 bits per heavy atom. The molecular formula is C21H25FN2O4S. The quantitative estimate of drug-likeness (QED) is 0.712. The molecule has 1 heterocycles. The summed E-state index contributed by atoms with van der Waals surface area (Å²) in [5.74, 6) is -1.31. The summed E-state index contributed by atoms with van der Waals surface area (Å²) in [6.45, 7) is 5.48. The van der Waals surface area contributed by atoms with Crippen molar-refractivity contribution in [1.29, 1.82) is 0 Å². The molecule has 1 aliphatic rings. The average molecular weight is 421 g/mol. The molecule has 0 aliphatic carbocycles. The third-order valence-electron chi connectivity index (χ3n) is 4.69. The van der Waals surface area contributed by atoms with Crippen molar-refractivity contribution >= 4 is 15.9 Å². The number of carbonyl (C=O) groups excluding carboxylic acids is 1.